The van der Waals surface area contributed by atoms with Crippen LogP contribution in [0, 0.1) is 11.3 Å². The molecule has 27 heavy (non-hydrogen) atoms. The van der Waals surface area contributed by atoms with Gasteiger partial charge in [-0.15, -0.1) is 0 Å². The van der Waals surface area contributed by atoms with Crippen LogP contribution in [0.4, 0.5) is 0 Å². The number of likely N-dealkylation sites (tertiary alicyclic amines) is 1. The first kappa shape index (κ1) is 18.4. The standard InChI is InChI=1S/C20H24N2O4S/c1-21-11-17-12-22(14-20(17,13-21)19(23)24)27(25,26)10-9-16-7-4-6-15-5-2-3-8-18(15)16/h2-8,17H,9-14H2,1H3,(H,23,24)/t17-,20-/m0/s1. The number of benzene rings is 2. The smallest absolute Gasteiger partial charge is 0.312 e. The first-order chi connectivity index (χ1) is 12.8. The lowest BCUT2D eigenvalue weighted by molar-refractivity contribution is -0.148. The van der Waals surface area contributed by atoms with Crippen LogP contribution in [0.15, 0.2) is 42.5 Å². The van der Waals surface area contributed by atoms with E-state index in [0.717, 1.165) is 16.3 Å². The van der Waals surface area contributed by atoms with E-state index in [1.165, 1.54) is 4.31 Å². The second-order valence-electron chi connectivity index (χ2n) is 7.85. The van der Waals surface area contributed by atoms with E-state index in [9.17, 15) is 18.3 Å². The Morgan fingerprint density at radius 2 is 1.89 bits per heavy atom. The molecule has 0 bridgehead atoms. The Labute approximate surface area is 159 Å². The maximum Gasteiger partial charge on any atom is 0.312 e. The number of nitrogens with zero attached hydrogens (tertiary/aromatic N) is 2. The Kier molecular flexibility index (Phi) is 4.49. The number of aliphatic carboxylic acids is 1. The number of carbonyl (C=O) groups is 1. The van der Waals surface area contributed by atoms with Crippen molar-refractivity contribution in [2.75, 3.05) is 39.0 Å². The van der Waals surface area contributed by atoms with Crippen LogP contribution in [0.2, 0.25) is 0 Å². The lowest BCUT2D eigenvalue weighted by Gasteiger charge is -2.24. The normalized spacial score (nSPS) is 26.5. The predicted molar refractivity (Wildman–Crippen MR) is 104 cm³/mol. The molecule has 0 unspecified atom stereocenters. The molecule has 2 atom stereocenters. The Bertz CT molecular complexity index is 985. The van der Waals surface area contributed by atoms with Gasteiger partial charge in [0.15, 0.2) is 0 Å². The largest absolute Gasteiger partial charge is 0.481 e. The first-order valence-electron chi connectivity index (χ1n) is 9.18. The fourth-order valence-corrected chi connectivity index (χ4v) is 6.23. The van der Waals surface area contributed by atoms with Crippen molar-refractivity contribution in [1.29, 1.82) is 0 Å². The van der Waals surface area contributed by atoms with Crippen molar-refractivity contribution < 1.29 is 18.3 Å². The van der Waals surface area contributed by atoms with Gasteiger partial charge in [-0.1, -0.05) is 42.5 Å². The highest BCUT2D eigenvalue weighted by molar-refractivity contribution is 7.89. The average molecular weight is 388 g/mol. The van der Waals surface area contributed by atoms with E-state index >= 15 is 0 Å². The van der Waals surface area contributed by atoms with E-state index in [-0.39, 0.29) is 18.2 Å². The van der Waals surface area contributed by atoms with Gasteiger partial charge in [0.2, 0.25) is 10.0 Å². The van der Waals surface area contributed by atoms with Crippen LogP contribution >= 0.6 is 0 Å². The van der Waals surface area contributed by atoms with Crippen molar-refractivity contribution in [2.45, 2.75) is 6.42 Å². The third-order valence-electron chi connectivity index (χ3n) is 6.08. The Morgan fingerprint density at radius 3 is 2.63 bits per heavy atom. The molecule has 2 fully saturated rings. The van der Waals surface area contributed by atoms with Gasteiger partial charge in [-0.25, -0.2) is 12.7 Å². The van der Waals surface area contributed by atoms with Crippen molar-refractivity contribution in [3.8, 4) is 0 Å². The SMILES string of the molecule is CN1C[C@H]2CN(S(=O)(=O)CCc3cccc4ccccc34)C[C@@]2(C(=O)O)C1. The van der Waals surface area contributed by atoms with E-state index in [1.807, 2.05) is 54.4 Å². The zero-order chi connectivity index (χ0) is 19.2. The highest BCUT2D eigenvalue weighted by Crippen LogP contribution is 2.43. The van der Waals surface area contributed by atoms with Crippen LogP contribution in [0.1, 0.15) is 5.56 Å². The summed E-state index contributed by atoms with van der Waals surface area (Å²) in [5.41, 5.74) is 0.0325. The Balaban J connectivity index is 1.52. The van der Waals surface area contributed by atoms with Crippen molar-refractivity contribution in [3.05, 3.63) is 48.0 Å². The molecule has 0 aliphatic carbocycles. The maximum atomic E-state index is 12.9. The van der Waals surface area contributed by atoms with Gasteiger partial charge >= 0.3 is 5.97 Å². The predicted octanol–water partition coefficient (Wildman–Crippen LogP) is 1.66. The number of hydrogen-bond acceptors (Lipinski definition) is 4. The molecule has 7 heteroatoms. The third kappa shape index (κ3) is 3.13. The third-order valence-corrected chi connectivity index (χ3v) is 7.86. The van der Waals surface area contributed by atoms with Gasteiger partial charge in [0, 0.05) is 32.1 Å². The quantitative estimate of drug-likeness (QED) is 0.843. The van der Waals surface area contributed by atoms with E-state index < -0.39 is 21.4 Å². The number of hydrogen-bond donors (Lipinski definition) is 1. The van der Waals surface area contributed by atoms with E-state index in [0.29, 0.717) is 26.1 Å². The first-order valence-corrected chi connectivity index (χ1v) is 10.8. The molecule has 0 aromatic heterocycles. The molecular weight excluding hydrogens is 364 g/mol. The Hall–Kier alpha value is -1.96. The molecule has 2 aliphatic rings. The van der Waals surface area contributed by atoms with Crippen LogP contribution in [0.25, 0.3) is 10.8 Å². The van der Waals surface area contributed by atoms with Gasteiger partial charge in [-0.05, 0) is 29.8 Å². The molecular formula is C20H24N2O4S. The van der Waals surface area contributed by atoms with Gasteiger partial charge in [0.1, 0.15) is 0 Å². The van der Waals surface area contributed by atoms with Crippen LogP contribution in [0.5, 0.6) is 0 Å². The molecule has 2 aromatic carbocycles. The monoisotopic (exact) mass is 388 g/mol. The van der Waals surface area contributed by atoms with Crippen LogP contribution < -0.4 is 0 Å². The van der Waals surface area contributed by atoms with Crippen LogP contribution in [-0.2, 0) is 21.2 Å². The van der Waals surface area contributed by atoms with Crippen molar-refractivity contribution in [2.24, 2.45) is 11.3 Å². The summed E-state index contributed by atoms with van der Waals surface area (Å²) in [5, 5.41) is 11.9. The molecule has 1 N–H and O–H groups in total. The summed E-state index contributed by atoms with van der Waals surface area (Å²) < 4.78 is 27.3. The second-order valence-corrected chi connectivity index (χ2v) is 9.94. The fourth-order valence-electron chi connectivity index (χ4n) is 4.66. The minimum Gasteiger partial charge on any atom is -0.481 e. The number of carboxylic acid groups (broad SMARTS) is 1. The topological polar surface area (TPSA) is 77.9 Å². The van der Waals surface area contributed by atoms with Crippen molar-refractivity contribution in [1.82, 2.24) is 9.21 Å². The maximum absolute atomic E-state index is 12.9. The zero-order valence-corrected chi connectivity index (χ0v) is 16.2. The zero-order valence-electron chi connectivity index (χ0n) is 15.3. The molecule has 0 radical (unpaired) electrons. The summed E-state index contributed by atoms with van der Waals surface area (Å²) in [4.78, 5) is 13.9. The van der Waals surface area contributed by atoms with Gasteiger partial charge in [-0.2, -0.15) is 0 Å². The molecule has 0 saturated carbocycles. The molecule has 4 rings (SSSR count). The lowest BCUT2D eigenvalue weighted by Crippen LogP contribution is -2.42. The lowest BCUT2D eigenvalue weighted by atomic mass is 9.81. The second kappa shape index (κ2) is 6.58. The summed E-state index contributed by atoms with van der Waals surface area (Å²) in [6, 6.07) is 13.9. The summed E-state index contributed by atoms with van der Waals surface area (Å²) in [5.74, 6) is -1.03. The molecule has 0 amide bonds. The summed E-state index contributed by atoms with van der Waals surface area (Å²) in [6.45, 7) is 1.41. The van der Waals surface area contributed by atoms with Crippen LogP contribution in [0.3, 0.4) is 0 Å². The summed E-state index contributed by atoms with van der Waals surface area (Å²) >= 11 is 0. The van der Waals surface area contributed by atoms with Gasteiger partial charge in [0.05, 0.1) is 11.2 Å². The minimum absolute atomic E-state index is 0.000728. The highest BCUT2D eigenvalue weighted by Gasteiger charge is 2.58. The molecule has 0 spiro atoms. The molecule has 144 valence electrons. The highest BCUT2D eigenvalue weighted by atomic mass is 32.2. The van der Waals surface area contributed by atoms with Crippen molar-refractivity contribution in [3.63, 3.8) is 0 Å². The summed E-state index contributed by atoms with van der Waals surface area (Å²) in [6.07, 6.45) is 0.421. The van der Waals surface area contributed by atoms with E-state index in [2.05, 4.69) is 0 Å². The van der Waals surface area contributed by atoms with Gasteiger partial charge in [0.25, 0.3) is 0 Å². The minimum atomic E-state index is -3.51. The van der Waals surface area contributed by atoms with Gasteiger partial charge < -0.3 is 10.0 Å². The molecule has 2 aromatic rings. The number of aryl methyl sites for hydroxylation is 1. The van der Waals surface area contributed by atoms with E-state index in [4.69, 9.17) is 0 Å². The molecule has 2 heterocycles. The van der Waals surface area contributed by atoms with Crippen molar-refractivity contribution >= 4 is 26.8 Å². The molecule has 2 saturated heterocycles. The van der Waals surface area contributed by atoms with Crippen LogP contribution in [-0.4, -0.2) is 67.7 Å². The van der Waals surface area contributed by atoms with E-state index in [1.54, 1.807) is 0 Å². The number of fused-ring (bicyclic) bond motifs is 2. The molecule has 6 nitrogen and oxygen atoms in total. The van der Waals surface area contributed by atoms with Gasteiger partial charge in [-0.3, -0.25) is 4.79 Å². The summed E-state index contributed by atoms with van der Waals surface area (Å²) in [7, 11) is -1.62. The number of sulfonamides is 1. The average Bonchev–Trinajstić information content (AvgIpc) is 3.14. The molecule has 2 aliphatic heterocycles. The Morgan fingerprint density at radius 1 is 1.15 bits per heavy atom. The number of carboxylic acids is 1. The fraction of sp³-hybridized carbons (Fsp3) is 0.450. The number of rotatable bonds is 5.